The van der Waals surface area contributed by atoms with Crippen molar-refractivity contribution in [2.24, 2.45) is 35.0 Å². The highest BCUT2D eigenvalue weighted by Gasteiger charge is 2.59. The minimum Gasteiger partial charge on any atom is -0.370 e. The molecule has 1 spiro atoms. The lowest BCUT2D eigenvalue weighted by Crippen LogP contribution is -2.48. The third-order valence-corrected chi connectivity index (χ3v) is 8.59. The molecule has 1 saturated heterocycles. The van der Waals surface area contributed by atoms with Crippen molar-refractivity contribution in [2.45, 2.75) is 70.8 Å². The molecule has 0 bridgehead atoms. The van der Waals surface area contributed by atoms with E-state index in [1.807, 2.05) is 0 Å². The number of rotatable bonds is 1. The smallest absolute Gasteiger partial charge is 0.108 e. The summed E-state index contributed by atoms with van der Waals surface area (Å²) >= 11 is 0. The van der Waals surface area contributed by atoms with Crippen LogP contribution in [-0.4, -0.2) is 12.2 Å². The fraction of sp³-hybridized carbons (Fsp3) is 0.857. The van der Waals surface area contributed by atoms with E-state index in [0.717, 1.165) is 36.2 Å². The van der Waals surface area contributed by atoms with Crippen molar-refractivity contribution in [3.8, 4) is 0 Å². The van der Waals surface area contributed by atoms with E-state index in [4.69, 9.17) is 4.74 Å². The molecule has 0 radical (unpaired) electrons. The molecule has 7 atom stereocenters. The van der Waals surface area contributed by atoms with Crippen molar-refractivity contribution < 1.29 is 4.74 Å². The second-order valence-corrected chi connectivity index (χ2v) is 9.29. The van der Waals surface area contributed by atoms with Gasteiger partial charge in [-0.15, -0.1) is 0 Å². The molecule has 120 valence electrons. The summed E-state index contributed by atoms with van der Waals surface area (Å²) in [6.07, 6.45) is 16.5. The molecule has 0 unspecified atom stereocenters. The Balaban J connectivity index is 1.38. The molecule has 4 aliphatic carbocycles. The van der Waals surface area contributed by atoms with E-state index < -0.39 is 0 Å². The highest BCUT2D eigenvalue weighted by atomic mass is 16.6. The predicted molar refractivity (Wildman–Crippen MR) is 89.2 cm³/mol. The van der Waals surface area contributed by atoms with Gasteiger partial charge in [-0.2, -0.15) is 0 Å². The number of allylic oxidation sites excluding steroid dienone is 2. The molecule has 1 nitrogen and oxygen atoms in total. The van der Waals surface area contributed by atoms with Crippen LogP contribution in [0.25, 0.3) is 0 Å². The van der Waals surface area contributed by atoms with Crippen LogP contribution >= 0.6 is 0 Å². The normalized spacial score (nSPS) is 55.9. The summed E-state index contributed by atoms with van der Waals surface area (Å²) in [7, 11) is 0. The van der Waals surface area contributed by atoms with E-state index in [-0.39, 0.29) is 0 Å². The molecule has 5 rings (SSSR count). The molecule has 0 aromatic heterocycles. The summed E-state index contributed by atoms with van der Waals surface area (Å²) in [4.78, 5) is 0. The van der Waals surface area contributed by atoms with Gasteiger partial charge in [0.1, 0.15) is 5.57 Å². The van der Waals surface area contributed by atoms with Gasteiger partial charge in [0, 0.05) is 31.3 Å². The van der Waals surface area contributed by atoms with E-state index in [2.05, 4.69) is 26.3 Å². The lowest BCUT2D eigenvalue weighted by Gasteiger charge is -2.54. The summed E-state index contributed by atoms with van der Waals surface area (Å²) < 4.78 is 5.82. The molecule has 0 amide bonds. The maximum absolute atomic E-state index is 5.82. The Morgan fingerprint density at radius 2 is 1.91 bits per heavy atom. The van der Waals surface area contributed by atoms with E-state index in [9.17, 15) is 0 Å². The highest BCUT2D eigenvalue weighted by Crippen LogP contribution is 2.64. The molecular weight excluding hydrogens is 268 g/mol. The molecule has 0 aromatic rings. The Hall–Kier alpha value is -0.430. The van der Waals surface area contributed by atoms with Crippen LogP contribution in [0.4, 0.5) is 0 Å². The average molecular weight is 299 g/mol. The van der Waals surface area contributed by atoms with Crippen LogP contribution < -0.4 is 0 Å². The molecular formula is C21H31O+. The van der Waals surface area contributed by atoms with Gasteiger partial charge >= 0.3 is 0 Å². The fourth-order valence-electron chi connectivity index (χ4n) is 7.36. The van der Waals surface area contributed by atoms with Crippen LogP contribution in [0.2, 0.25) is 0 Å². The lowest BCUT2D eigenvalue weighted by atomic mass is 9.49. The van der Waals surface area contributed by atoms with Gasteiger partial charge in [-0.3, -0.25) is 0 Å². The highest BCUT2D eigenvalue weighted by molar-refractivity contribution is 5.30. The van der Waals surface area contributed by atoms with Crippen LogP contribution in [0.5, 0.6) is 0 Å². The van der Waals surface area contributed by atoms with Crippen LogP contribution in [0.15, 0.2) is 11.6 Å². The summed E-state index contributed by atoms with van der Waals surface area (Å²) in [5, 5.41) is 0. The zero-order chi connectivity index (χ0) is 14.9. The lowest BCUT2D eigenvalue weighted by molar-refractivity contribution is -0.0535. The first-order valence-corrected chi connectivity index (χ1v) is 9.79. The molecule has 4 fully saturated rings. The molecule has 1 heterocycles. The fourth-order valence-corrected chi connectivity index (χ4v) is 7.36. The zero-order valence-electron chi connectivity index (χ0n) is 14.3. The maximum Gasteiger partial charge on any atom is 0.108 e. The van der Waals surface area contributed by atoms with E-state index in [1.165, 1.54) is 51.4 Å². The van der Waals surface area contributed by atoms with Crippen LogP contribution in [-0.2, 0) is 4.74 Å². The van der Waals surface area contributed by atoms with Gasteiger partial charge < -0.3 is 4.74 Å². The van der Waals surface area contributed by atoms with Gasteiger partial charge in [-0.05, 0) is 74.5 Å². The van der Waals surface area contributed by atoms with Crippen molar-refractivity contribution in [3.63, 3.8) is 0 Å². The third kappa shape index (κ3) is 1.78. The molecule has 5 aliphatic rings. The Labute approximate surface area is 135 Å². The van der Waals surface area contributed by atoms with Crippen LogP contribution in [0, 0.1) is 41.4 Å². The topological polar surface area (TPSA) is 12.5 Å². The molecule has 1 heteroatoms. The number of fused-ring (bicyclic) bond motifs is 5. The SMILES string of the molecule is C[CH+]C1=CC[C@H]2[C@@H]3CC[C@@H]4C[C@@]5(CC[C@@H]4[C@H]3CC[C@]12C)CO5. The van der Waals surface area contributed by atoms with Crippen molar-refractivity contribution in [1.82, 2.24) is 0 Å². The largest absolute Gasteiger partial charge is 0.370 e. The first-order chi connectivity index (χ1) is 10.7. The molecule has 0 aromatic carbocycles. The third-order valence-electron chi connectivity index (χ3n) is 8.59. The summed E-state index contributed by atoms with van der Waals surface area (Å²) in [6.45, 7) is 5.90. The van der Waals surface area contributed by atoms with Crippen molar-refractivity contribution in [1.29, 1.82) is 0 Å². The van der Waals surface area contributed by atoms with E-state index >= 15 is 0 Å². The monoisotopic (exact) mass is 299 g/mol. The Bertz CT molecular complexity index is 502. The molecule has 1 aliphatic heterocycles. The van der Waals surface area contributed by atoms with Crippen LogP contribution in [0.3, 0.4) is 0 Å². The summed E-state index contributed by atoms with van der Waals surface area (Å²) in [5.41, 5.74) is 2.56. The second-order valence-electron chi connectivity index (χ2n) is 9.29. The first-order valence-electron chi connectivity index (χ1n) is 9.79. The standard InChI is InChI=1S/C21H31O/c1-3-15-5-7-19-18-6-4-14-12-21(13-22-21)11-9-16(14)17(18)8-10-20(15,19)2/h3,5,14,16-19H,4,6-13H2,1-2H3/q+1/t14-,16+,17-,18-,19+,20-,21+/m1/s1. The Kier molecular flexibility index (Phi) is 2.89. The van der Waals surface area contributed by atoms with Crippen molar-refractivity contribution in [2.75, 3.05) is 6.61 Å². The Morgan fingerprint density at radius 1 is 1.09 bits per heavy atom. The number of hydrogen-bond donors (Lipinski definition) is 0. The number of epoxide rings is 1. The maximum atomic E-state index is 5.82. The van der Waals surface area contributed by atoms with Crippen molar-refractivity contribution in [3.05, 3.63) is 18.1 Å². The minimum atomic E-state index is 0.371. The average Bonchev–Trinajstić information content (AvgIpc) is 3.17. The van der Waals surface area contributed by atoms with Crippen LogP contribution in [0.1, 0.15) is 65.2 Å². The number of ether oxygens (including phenoxy) is 1. The van der Waals surface area contributed by atoms with E-state index in [0.29, 0.717) is 11.0 Å². The van der Waals surface area contributed by atoms with Gasteiger partial charge in [0.2, 0.25) is 0 Å². The van der Waals surface area contributed by atoms with Gasteiger partial charge in [-0.25, -0.2) is 0 Å². The van der Waals surface area contributed by atoms with Gasteiger partial charge in [0.15, 0.2) is 0 Å². The minimum absolute atomic E-state index is 0.371. The van der Waals surface area contributed by atoms with Gasteiger partial charge in [-0.1, -0.05) is 6.92 Å². The second kappa shape index (κ2) is 4.56. The molecule has 0 N–H and O–H groups in total. The van der Waals surface area contributed by atoms with Gasteiger partial charge in [0.25, 0.3) is 0 Å². The quantitative estimate of drug-likeness (QED) is 0.481. The summed E-state index contributed by atoms with van der Waals surface area (Å²) in [5.74, 6) is 5.04. The van der Waals surface area contributed by atoms with E-state index in [1.54, 1.807) is 5.57 Å². The number of hydrogen-bond acceptors (Lipinski definition) is 1. The summed E-state index contributed by atoms with van der Waals surface area (Å²) in [6, 6.07) is 0. The molecule has 22 heavy (non-hydrogen) atoms. The Morgan fingerprint density at radius 3 is 2.68 bits per heavy atom. The van der Waals surface area contributed by atoms with Gasteiger partial charge in [0.05, 0.1) is 12.2 Å². The first kappa shape index (κ1) is 14.0. The molecule has 3 saturated carbocycles. The predicted octanol–water partition coefficient (Wildman–Crippen LogP) is 5.17. The van der Waals surface area contributed by atoms with Crippen molar-refractivity contribution >= 4 is 0 Å². The zero-order valence-corrected chi connectivity index (χ0v) is 14.3.